The van der Waals surface area contributed by atoms with E-state index in [0.717, 1.165) is 0 Å². The van der Waals surface area contributed by atoms with Crippen molar-refractivity contribution in [2.45, 2.75) is 19.4 Å². The number of carboxylic acids is 1. The molecule has 0 bridgehead atoms. The molecular formula is C14H16N2O3. The van der Waals surface area contributed by atoms with Gasteiger partial charge in [-0.2, -0.15) is 0 Å². The summed E-state index contributed by atoms with van der Waals surface area (Å²) >= 11 is 0. The fourth-order valence-electron chi connectivity index (χ4n) is 1.85. The first-order valence-electron chi connectivity index (χ1n) is 6.13. The highest BCUT2D eigenvalue weighted by atomic mass is 16.4. The smallest absolute Gasteiger partial charge is 0.336 e. The first-order valence-corrected chi connectivity index (χ1v) is 6.13. The standard InChI is InChI=1S/C14H16N2O3/c1-9(17)6-7-15-13-8-11(14(18)19)10-4-2-3-5-12(10)16-13/h2-5,8-9,17H,6-7H2,1H3,(H,15,16)(H,18,19). The van der Waals surface area contributed by atoms with Crippen molar-refractivity contribution in [2.75, 3.05) is 11.9 Å². The predicted molar refractivity (Wildman–Crippen MR) is 73.5 cm³/mol. The van der Waals surface area contributed by atoms with Gasteiger partial charge in [-0.05, 0) is 25.5 Å². The monoisotopic (exact) mass is 260 g/mol. The number of carboxylic acid groups (broad SMARTS) is 1. The van der Waals surface area contributed by atoms with Gasteiger partial charge in [0.2, 0.25) is 0 Å². The van der Waals surface area contributed by atoms with Crippen molar-refractivity contribution in [3.8, 4) is 0 Å². The Balaban J connectivity index is 2.33. The molecule has 5 heteroatoms. The average molecular weight is 260 g/mol. The summed E-state index contributed by atoms with van der Waals surface area (Å²) in [6.07, 6.45) is 0.184. The summed E-state index contributed by atoms with van der Waals surface area (Å²) in [5, 5.41) is 22.1. The van der Waals surface area contributed by atoms with Gasteiger partial charge >= 0.3 is 5.97 Å². The molecule has 0 saturated carbocycles. The van der Waals surface area contributed by atoms with Gasteiger partial charge in [-0.3, -0.25) is 0 Å². The van der Waals surface area contributed by atoms with Gasteiger partial charge in [0.25, 0.3) is 0 Å². The maximum atomic E-state index is 11.3. The number of hydrogen-bond donors (Lipinski definition) is 3. The summed E-state index contributed by atoms with van der Waals surface area (Å²) in [7, 11) is 0. The third-order valence-corrected chi connectivity index (χ3v) is 2.81. The molecule has 1 heterocycles. The first kappa shape index (κ1) is 13.3. The molecule has 0 radical (unpaired) electrons. The summed E-state index contributed by atoms with van der Waals surface area (Å²) in [6, 6.07) is 8.65. The number of aromatic nitrogens is 1. The van der Waals surface area contributed by atoms with E-state index in [0.29, 0.717) is 29.7 Å². The Bertz CT molecular complexity index is 596. The fourth-order valence-corrected chi connectivity index (χ4v) is 1.85. The van der Waals surface area contributed by atoms with Crippen molar-refractivity contribution in [3.05, 3.63) is 35.9 Å². The van der Waals surface area contributed by atoms with E-state index < -0.39 is 12.1 Å². The molecule has 0 spiro atoms. The van der Waals surface area contributed by atoms with Gasteiger partial charge in [0.1, 0.15) is 5.82 Å². The SMILES string of the molecule is CC(O)CCNc1cc(C(=O)O)c2ccccc2n1. The zero-order chi connectivity index (χ0) is 13.8. The topological polar surface area (TPSA) is 82.5 Å². The van der Waals surface area contributed by atoms with E-state index >= 15 is 0 Å². The quantitative estimate of drug-likeness (QED) is 0.767. The van der Waals surface area contributed by atoms with Gasteiger partial charge in [0.05, 0.1) is 17.2 Å². The lowest BCUT2D eigenvalue weighted by atomic mass is 10.1. The molecule has 0 aliphatic rings. The third-order valence-electron chi connectivity index (χ3n) is 2.81. The van der Waals surface area contributed by atoms with E-state index in [9.17, 15) is 15.0 Å². The summed E-state index contributed by atoms with van der Waals surface area (Å²) in [5.41, 5.74) is 0.868. The van der Waals surface area contributed by atoms with E-state index in [1.54, 1.807) is 25.1 Å². The molecule has 0 aliphatic heterocycles. The van der Waals surface area contributed by atoms with Crippen molar-refractivity contribution in [2.24, 2.45) is 0 Å². The van der Waals surface area contributed by atoms with Crippen LogP contribution in [0.4, 0.5) is 5.82 Å². The van der Waals surface area contributed by atoms with Crippen molar-refractivity contribution in [1.82, 2.24) is 4.98 Å². The lowest BCUT2D eigenvalue weighted by Gasteiger charge is -2.10. The number of fused-ring (bicyclic) bond motifs is 1. The van der Waals surface area contributed by atoms with Gasteiger partial charge in [-0.15, -0.1) is 0 Å². The molecule has 0 aliphatic carbocycles. The van der Waals surface area contributed by atoms with Gasteiger partial charge in [0, 0.05) is 11.9 Å². The van der Waals surface area contributed by atoms with E-state index in [1.807, 2.05) is 6.07 Å². The molecule has 2 rings (SSSR count). The van der Waals surface area contributed by atoms with Crippen LogP contribution in [0.15, 0.2) is 30.3 Å². The molecule has 1 unspecified atom stereocenters. The maximum Gasteiger partial charge on any atom is 0.336 e. The highest BCUT2D eigenvalue weighted by molar-refractivity contribution is 6.03. The fraction of sp³-hybridized carbons (Fsp3) is 0.286. The van der Waals surface area contributed by atoms with Crippen LogP contribution >= 0.6 is 0 Å². The van der Waals surface area contributed by atoms with Crippen molar-refractivity contribution < 1.29 is 15.0 Å². The molecule has 1 aromatic carbocycles. The minimum atomic E-state index is -0.975. The van der Waals surface area contributed by atoms with Gasteiger partial charge in [-0.1, -0.05) is 18.2 Å². The molecule has 0 fully saturated rings. The van der Waals surface area contributed by atoms with E-state index in [-0.39, 0.29) is 5.56 Å². The highest BCUT2D eigenvalue weighted by Gasteiger charge is 2.11. The number of pyridine rings is 1. The summed E-state index contributed by atoms with van der Waals surface area (Å²) in [4.78, 5) is 15.6. The Morgan fingerprint density at radius 3 is 2.84 bits per heavy atom. The lowest BCUT2D eigenvalue weighted by Crippen LogP contribution is -2.11. The summed E-state index contributed by atoms with van der Waals surface area (Å²) in [6.45, 7) is 2.25. The number of aliphatic hydroxyl groups is 1. The number of anilines is 1. The van der Waals surface area contributed by atoms with Crippen LogP contribution in [-0.4, -0.2) is 33.8 Å². The van der Waals surface area contributed by atoms with Crippen molar-refractivity contribution >= 4 is 22.7 Å². The highest BCUT2D eigenvalue weighted by Crippen LogP contribution is 2.20. The zero-order valence-electron chi connectivity index (χ0n) is 10.6. The number of nitrogens with zero attached hydrogens (tertiary/aromatic N) is 1. The van der Waals surface area contributed by atoms with E-state index in [2.05, 4.69) is 10.3 Å². The molecule has 100 valence electrons. The van der Waals surface area contributed by atoms with Crippen LogP contribution in [0.2, 0.25) is 0 Å². The third kappa shape index (κ3) is 3.20. The van der Waals surface area contributed by atoms with Crippen LogP contribution in [0.1, 0.15) is 23.7 Å². The Morgan fingerprint density at radius 2 is 2.16 bits per heavy atom. The van der Waals surface area contributed by atoms with Crippen molar-refractivity contribution in [1.29, 1.82) is 0 Å². The van der Waals surface area contributed by atoms with Crippen LogP contribution in [-0.2, 0) is 0 Å². The van der Waals surface area contributed by atoms with Crippen LogP contribution in [0.5, 0.6) is 0 Å². The number of carbonyl (C=O) groups is 1. The largest absolute Gasteiger partial charge is 0.478 e. The second-order valence-corrected chi connectivity index (χ2v) is 4.44. The van der Waals surface area contributed by atoms with E-state index in [4.69, 9.17) is 0 Å². The lowest BCUT2D eigenvalue weighted by molar-refractivity contribution is 0.0699. The molecule has 0 amide bonds. The molecular weight excluding hydrogens is 244 g/mol. The summed E-state index contributed by atoms with van der Waals surface area (Å²) < 4.78 is 0. The molecule has 2 aromatic rings. The number of para-hydroxylation sites is 1. The van der Waals surface area contributed by atoms with Crippen LogP contribution in [0.25, 0.3) is 10.9 Å². The van der Waals surface area contributed by atoms with Gasteiger partial charge in [0.15, 0.2) is 0 Å². The molecule has 19 heavy (non-hydrogen) atoms. The number of benzene rings is 1. The Kier molecular flexibility index (Phi) is 3.97. The Labute approximate surface area is 110 Å². The van der Waals surface area contributed by atoms with Gasteiger partial charge in [-0.25, -0.2) is 9.78 Å². The predicted octanol–water partition coefficient (Wildman–Crippen LogP) is 2.12. The number of nitrogens with one attached hydrogen (secondary N) is 1. The number of rotatable bonds is 5. The Morgan fingerprint density at radius 1 is 1.42 bits per heavy atom. The normalized spacial score (nSPS) is 12.3. The van der Waals surface area contributed by atoms with Gasteiger partial charge < -0.3 is 15.5 Å². The molecule has 5 nitrogen and oxygen atoms in total. The number of aromatic carboxylic acids is 1. The molecule has 1 aromatic heterocycles. The van der Waals surface area contributed by atoms with Crippen LogP contribution in [0, 0.1) is 0 Å². The number of hydrogen-bond acceptors (Lipinski definition) is 4. The minimum absolute atomic E-state index is 0.227. The molecule has 0 saturated heterocycles. The average Bonchev–Trinajstić information content (AvgIpc) is 2.37. The second kappa shape index (κ2) is 5.67. The minimum Gasteiger partial charge on any atom is -0.478 e. The second-order valence-electron chi connectivity index (χ2n) is 4.44. The van der Waals surface area contributed by atoms with Crippen LogP contribution < -0.4 is 5.32 Å². The molecule has 3 N–H and O–H groups in total. The summed E-state index contributed by atoms with van der Waals surface area (Å²) in [5.74, 6) is -0.464. The number of aliphatic hydroxyl groups excluding tert-OH is 1. The van der Waals surface area contributed by atoms with Crippen LogP contribution in [0.3, 0.4) is 0 Å². The molecule has 1 atom stereocenters. The zero-order valence-corrected chi connectivity index (χ0v) is 10.6. The van der Waals surface area contributed by atoms with E-state index in [1.165, 1.54) is 6.07 Å². The maximum absolute atomic E-state index is 11.3. The van der Waals surface area contributed by atoms with Crippen molar-refractivity contribution in [3.63, 3.8) is 0 Å². The Hall–Kier alpha value is -2.14. The first-order chi connectivity index (χ1) is 9.08.